The van der Waals surface area contributed by atoms with Crippen LogP contribution >= 0.6 is 0 Å². The number of nitrogens with one attached hydrogen (secondary N) is 2. The maximum atomic E-state index is 13.3. The number of alkyl halides is 1. The van der Waals surface area contributed by atoms with E-state index in [4.69, 9.17) is 10.5 Å². The predicted octanol–water partition coefficient (Wildman–Crippen LogP) is 0.417. The minimum atomic E-state index is -1.12. The highest BCUT2D eigenvalue weighted by Crippen LogP contribution is 2.19. The van der Waals surface area contributed by atoms with E-state index in [2.05, 4.69) is 15.6 Å². The summed E-state index contributed by atoms with van der Waals surface area (Å²) in [5.74, 6) is 0.370. The molecular weight excluding hydrogens is 299 g/mol. The number of carbonyl (C=O) groups is 1. The molecule has 0 spiro atoms. The standard InChI is InChI=1S/C15H17FN6O/c16-12-5-13(7-18)22(10-12)15(23)9-19-3-4-20-14-2-1-11(6-17)8-21-14/h1-2,8,12-13,19H,3-5,9-10H2,(H,20,21)/t12-,13-/m0/s1. The second-order valence-electron chi connectivity index (χ2n) is 5.17. The Bertz CT molecular complexity index is 620. The van der Waals surface area contributed by atoms with Gasteiger partial charge in [0.25, 0.3) is 0 Å². The molecular formula is C15H17FN6O. The molecule has 2 heterocycles. The molecule has 0 bridgehead atoms. The molecule has 0 aliphatic carbocycles. The highest BCUT2D eigenvalue weighted by Gasteiger charge is 2.34. The van der Waals surface area contributed by atoms with Gasteiger partial charge in [-0.1, -0.05) is 0 Å². The van der Waals surface area contributed by atoms with E-state index in [1.165, 1.54) is 11.1 Å². The Morgan fingerprint density at radius 1 is 1.43 bits per heavy atom. The van der Waals surface area contributed by atoms with Crippen LogP contribution in [0.25, 0.3) is 0 Å². The van der Waals surface area contributed by atoms with Gasteiger partial charge in [-0.3, -0.25) is 4.79 Å². The molecule has 0 saturated carbocycles. The number of nitriles is 2. The summed E-state index contributed by atoms with van der Waals surface area (Å²) in [6.45, 7) is 1.11. The van der Waals surface area contributed by atoms with Crippen molar-refractivity contribution in [1.29, 1.82) is 10.5 Å². The van der Waals surface area contributed by atoms with Crippen LogP contribution in [0, 0.1) is 22.7 Å². The molecule has 8 heteroatoms. The molecule has 1 fully saturated rings. The maximum Gasteiger partial charge on any atom is 0.237 e. The zero-order valence-electron chi connectivity index (χ0n) is 12.5. The van der Waals surface area contributed by atoms with Gasteiger partial charge in [-0.15, -0.1) is 0 Å². The van der Waals surface area contributed by atoms with Crippen LogP contribution in [0.5, 0.6) is 0 Å². The SMILES string of the molecule is N#Cc1ccc(NCCNCC(=O)N2C[C@@H](F)C[C@H]2C#N)nc1. The number of carbonyl (C=O) groups excluding carboxylic acids is 1. The van der Waals surface area contributed by atoms with Crippen molar-refractivity contribution in [2.24, 2.45) is 0 Å². The number of aromatic nitrogens is 1. The Balaban J connectivity index is 1.66. The second kappa shape index (κ2) is 8.06. The van der Waals surface area contributed by atoms with Crippen molar-refractivity contribution in [3.63, 3.8) is 0 Å². The fourth-order valence-corrected chi connectivity index (χ4v) is 2.32. The lowest BCUT2D eigenvalue weighted by atomic mass is 10.2. The van der Waals surface area contributed by atoms with Gasteiger partial charge in [-0.05, 0) is 12.1 Å². The van der Waals surface area contributed by atoms with Crippen LogP contribution in [0.1, 0.15) is 12.0 Å². The molecule has 0 aromatic carbocycles. The first-order valence-corrected chi connectivity index (χ1v) is 7.28. The summed E-state index contributed by atoms with van der Waals surface area (Å²) in [5.41, 5.74) is 0.489. The van der Waals surface area contributed by atoms with Gasteiger partial charge < -0.3 is 15.5 Å². The van der Waals surface area contributed by atoms with Gasteiger partial charge >= 0.3 is 0 Å². The van der Waals surface area contributed by atoms with Crippen LogP contribution in [-0.4, -0.2) is 54.2 Å². The van der Waals surface area contributed by atoms with E-state index in [1.807, 2.05) is 12.1 Å². The average Bonchev–Trinajstić information content (AvgIpc) is 2.96. The molecule has 0 unspecified atom stereocenters. The van der Waals surface area contributed by atoms with E-state index in [0.29, 0.717) is 24.5 Å². The molecule has 1 amide bonds. The Morgan fingerprint density at radius 2 is 2.26 bits per heavy atom. The molecule has 120 valence electrons. The van der Waals surface area contributed by atoms with Crippen LogP contribution in [0.2, 0.25) is 0 Å². The zero-order chi connectivity index (χ0) is 16.7. The van der Waals surface area contributed by atoms with Crippen molar-refractivity contribution in [1.82, 2.24) is 15.2 Å². The number of hydrogen-bond donors (Lipinski definition) is 2. The molecule has 2 rings (SSSR count). The third kappa shape index (κ3) is 4.63. The van der Waals surface area contributed by atoms with E-state index in [9.17, 15) is 9.18 Å². The van der Waals surface area contributed by atoms with Crippen LogP contribution in [-0.2, 0) is 4.79 Å². The van der Waals surface area contributed by atoms with Crippen LogP contribution in [0.15, 0.2) is 18.3 Å². The van der Waals surface area contributed by atoms with Crippen LogP contribution in [0.4, 0.5) is 10.2 Å². The Morgan fingerprint density at radius 3 is 2.91 bits per heavy atom. The molecule has 2 atom stereocenters. The highest BCUT2D eigenvalue weighted by atomic mass is 19.1. The first-order chi connectivity index (χ1) is 11.1. The van der Waals surface area contributed by atoms with E-state index < -0.39 is 12.2 Å². The van der Waals surface area contributed by atoms with Gasteiger partial charge in [0.1, 0.15) is 24.1 Å². The lowest BCUT2D eigenvalue weighted by molar-refractivity contribution is -0.130. The highest BCUT2D eigenvalue weighted by molar-refractivity contribution is 5.79. The van der Waals surface area contributed by atoms with Crippen molar-refractivity contribution < 1.29 is 9.18 Å². The van der Waals surface area contributed by atoms with Crippen molar-refractivity contribution >= 4 is 11.7 Å². The predicted molar refractivity (Wildman–Crippen MR) is 80.9 cm³/mol. The molecule has 23 heavy (non-hydrogen) atoms. The number of nitrogens with zero attached hydrogens (tertiary/aromatic N) is 4. The van der Waals surface area contributed by atoms with Gasteiger partial charge in [-0.2, -0.15) is 10.5 Å². The molecule has 1 aliphatic heterocycles. The lowest BCUT2D eigenvalue weighted by Gasteiger charge is -2.19. The summed E-state index contributed by atoms with van der Waals surface area (Å²) in [5, 5.41) is 23.6. The van der Waals surface area contributed by atoms with Gasteiger partial charge in [0, 0.05) is 25.7 Å². The Kier molecular flexibility index (Phi) is 5.84. The van der Waals surface area contributed by atoms with E-state index in [1.54, 1.807) is 12.1 Å². The van der Waals surface area contributed by atoms with E-state index in [-0.39, 0.29) is 25.4 Å². The minimum absolute atomic E-state index is 0.00779. The normalized spacial score (nSPS) is 19.9. The van der Waals surface area contributed by atoms with Crippen molar-refractivity contribution in [3.05, 3.63) is 23.9 Å². The largest absolute Gasteiger partial charge is 0.369 e. The summed E-state index contributed by atoms with van der Waals surface area (Å²) in [4.78, 5) is 17.3. The molecule has 1 saturated heterocycles. The third-order valence-electron chi connectivity index (χ3n) is 3.50. The number of halogens is 1. The summed E-state index contributed by atoms with van der Waals surface area (Å²) >= 11 is 0. The van der Waals surface area contributed by atoms with Crippen molar-refractivity contribution in [2.45, 2.75) is 18.6 Å². The van der Waals surface area contributed by atoms with Gasteiger partial charge in [0.15, 0.2) is 0 Å². The third-order valence-corrected chi connectivity index (χ3v) is 3.50. The van der Waals surface area contributed by atoms with Gasteiger partial charge in [-0.25, -0.2) is 9.37 Å². The number of anilines is 1. The lowest BCUT2D eigenvalue weighted by Crippen LogP contribution is -2.41. The molecule has 0 radical (unpaired) electrons. The molecule has 2 N–H and O–H groups in total. The summed E-state index contributed by atoms with van der Waals surface area (Å²) in [6.07, 6.45) is 0.448. The number of amides is 1. The number of pyridine rings is 1. The molecule has 1 aromatic rings. The zero-order valence-corrected chi connectivity index (χ0v) is 12.5. The van der Waals surface area contributed by atoms with E-state index >= 15 is 0 Å². The fraction of sp³-hybridized carbons (Fsp3) is 0.467. The van der Waals surface area contributed by atoms with Crippen molar-refractivity contribution in [2.75, 3.05) is 31.5 Å². The van der Waals surface area contributed by atoms with Gasteiger partial charge in [0.05, 0.1) is 24.7 Å². The Labute approximate surface area is 133 Å². The molecule has 1 aromatic heterocycles. The Hall–Kier alpha value is -2.71. The maximum absolute atomic E-state index is 13.3. The van der Waals surface area contributed by atoms with Crippen LogP contribution < -0.4 is 10.6 Å². The first-order valence-electron chi connectivity index (χ1n) is 7.28. The molecule has 1 aliphatic rings. The second-order valence-corrected chi connectivity index (χ2v) is 5.17. The summed E-state index contributed by atoms with van der Waals surface area (Å²) < 4.78 is 13.3. The first kappa shape index (κ1) is 16.7. The number of hydrogen-bond acceptors (Lipinski definition) is 6. The minimum Gasteiger partial charge on any atom is -0.369 e. The summed E-state index contributed by atoms with van der Waals surface area (Å²) in [7, 11) is 0. The monoisotopic (exact) mass is 316 g/mol. The topological polar surface area (TPSA) is 105 Å². The number of likely N-dealkylation sites (tertiary alicyclic amines) is 1. The number of rotatable bonds is 6. The van der Waals surface area contributed by atoms with Gasteiger partial charge in [0.2, 0.25) is 5.91 Å². The summed E-state index contributed by atoms with van der Waals surface area (Å²) in [6, 6.07) is 6.63. The average molecular weight is 316 g/mol. The van der Waals surface area contributed by atoms with Crippen molar-refractivity contribution in [3.8, 4) is 12.1 Å². The molecule has 7 nitrogen and oxygen atoms in total. The smallest absolute Gasteiger partial charge is 0.237 e. The van der Waals surface area contributed by atoms with E-state index in [0.717, 1.165) is 0 Å². The quantitative estimate of drug-likeness (QED) is 0.737. The fourth-order valence-electron chi connectivity index (χ4n) is 2.32. The van der Waals surface area contributed by atoms with Crippen LogP contribution in [0.3, 0.4) is 0 Å².